The monoisotopic (exact) mass is 837 g/mol. The third-order valence-electron chi connectivity index (χ3n) is 8.16. The van der Waals surface area contributed by atoms with Gasteiger partial charge < -0.3 is 71.2 Å². The molecule has 21 heteroatoms. The van der Waals surface area contributed by atoms with Gasteiger partial charge in [0.25, 0.3) is 18.8 Å². The number of ether oxygens (including phenoxy) is 9. The molecule has 324 valence electrons. The molecular weight excluding hydrogens is 782 g/mol. The molecule has 0 bridgehead atoms. The van der Waals surface area contributed by atoms with Crippen LogP contribution in [0.25, 0.3) is 0 Å². The van der Waals surface area contributed by atoms with Gasteiger partial charge in [-0.15, -0.1) is 0 Å². The summed E-state index contributed by atoms with van der Waals surface area (Å²) in [6.45, 7) is 6.18. The van der Waals surface area contributed by atoms with Gasteiger partial charge in [-0.05, 0) is 26.7 Å². The van der Waals surface area contributed by atoms with Crippen molar-refractivity contribution >= 4 is 17.8 Å². The SMILES string of the molecule is CCCCO[C@H]1COC[C@H](NC(=O)c2nccc(OC)c2O)C(=O)O[C@@H](C)[C@@H]1OCC(F)F.CCCCO[C@H]1COC[C@H]([NH3+])C(=O)O[C@@H](C)[C@@H]1OCC(F)F.[Cl-]. The second kappa shape index (κ2) is 27.5. The van der Waals surface area contributed by atoms with Gasteiger partial charge in [0.15, 0.2) is 23.2 Å². The molecule has 2 aliphatic rings. The Morgan fingerprint density at radius 3 is 1.86 bits per heavy atom. The molecule has 1 amide bonds. The summed E-state index contributed by atoms with van der Waals surface area (Å²) in [5, 5.41) is 12.5. The summed E-state index contributed by atoms with van der Waals surface area (Å²) in [5.41, 5.74) is 3.30. The van der Waals surface area contributed by atoms with Crippen molar-refractivity contribution in [2.45, 2.75) is 115 Å². The van der Waals surface area contributed by atoms with Crippen LogP contribution < -0.4 is 28.2 Å². The number of pyridine rings is 1. The number of quaternary nitrogens is 1. The van der Waals surface area contributed by atoms with E-state index < -0.39 is 98.4 Å². The maximum atomic E-state index is 12.8. The first-order valence-electron chi connectivity index (χ1n) is 18.2. The molecule has 8 atom stereocenters. The van der Waals surface area contributed by atoms with Crippen LogP contribution in [0.2, 0.25) is 0 Å². The Hall–Kier alpha value is -3.11. The summed E-state index contributed by atoms with van der Waals surface area (Å²) in [6, 6.07) is -0.548. The van der Waals surface area contributed by atoms with E-state index in [4.69, 9.17) is 42.6 Å². The predicted molar refractivity (Wildman–Crippen MR) is 184 cm³/mol. The molecule has 2 saturated heterocycles. The van der Waals surface area contributed by atoms with Gasteiger partial charge in [0.1, 0.15) is 56.4 Å². The number of hydrogen-bond donors (Lipinski definition) is 3. The average Bonchev–Trinajstić information content (AvgIpc) is 3.21. The van der Waals surface area contributed by atoms with Gasteiger partial charge in [-0.1, -0.05) is 26.7 Å². The molecule has 2 aliphatic heterocycles. The van der Waals surface area contributed by atoms with Crippen LogP contribution in [0.15, 0.2) is 12.3 Å². The largest absolute Gasteiger partial charge is 1.00 e. The number of esters is 2. The molecule has 2 fully saturated rings. The number of rotatable bonds is 17. The molecule has 0 spiro atoms. The Bertz CT molecular complexity index is 1300. The summed E-state index contributed by atoms with van der Waals surface area (Å²) >= 11 is 0. The highest BCUT2D eigenvalue weighted by Crippen LogP contribution is 2.27. The van der Waals surface area contributed by atoms with Crippen LogP contribution >= 0.6 is 0 Å². The van der Waals surface area contributed by atoms with Gasteiger partial charge in [0.05, 0.1) is 26.9 Å². The molecule has 0 saturated carbocycles. The second-order valence-electron chi connectivity index (χ2n) is 12.7. The van der Waals surface area contributed by atoms with Crippen molar-refractivity contribution in [2.75, 3.05) is 60.0 Å². The highest BCUT2D eigenvalue weighted by Gasteiger charge is 2.38. The standard InChI is InChI=1S/C21H30F2N2O8.C14H25F2NO5.ClH/c1-4-5-8-31-15-10-30-9-13(21(28)33-12(2)19(15)32-11-16(22)23)25-20(27)17-18(26)14(29-3)6-7-24-17;1-3-4-5-20-11-7-19-6-10(17)14(18)22-9(2)13(11)21-8-12(15)16;/h6-7,12-13,15-16,19,26H,4-5,8-11H2,1-3H3,(H,25,27);9-13H,3-8,17H2,1-2H3;1H/t12-,13-,15-,19-;9-,10-,11-,13-;/m00./s1. The molecule has 1 aromatic heterocycles. The second-order valence-corrected chi connectivity index (χ2v) is 12.7. The van der Waals surface area contributed by atoms with Crippen molar-refractivity contribution in [2.24, 2.45) is 0 Å². The van der Waals surface area contributed by atoms with Crippen molar-refractivity contribution in [1.82, 2.24) is 10.3 Å². The van der Waals surface area contributed by atoms with Gasteiger partial charge in [-0.3, -0.25) is 4.79 Å². The van der Waals surface area contributed by atoms with Crippen LogP contribution in [0.5, 0.6) is 11.5 Å². The molecule has 3 heterocycles. The Morgan fingerprint density at radius 2 is 1.38 bits per heavy atom. The average molecular weight is 838 g/mol. The van der Waals surface area contributed by atoms with Crippen LogP contribution in [0, 0.1) is 0 Å². The quantitative estimate of drug-likeness (QED) is 0.0988. The summed E-state index contributed by atoms with van der Waals surface area (Å²) < 4.78 is 98.9. The number of unbranched alkanes of at least 4 members (excludes halogenated alkanes) is 2. The Balaban J connectivity index is 0.000000595. The number of hydrogen-bond acceptors (Lipinski definition) is 14. The molecule has 5 N–H and O–H groups in total. The maximum absolute atomic E-state index is 12.8. The van der Waals surface area contributed by atoms with Crippen molar-refractivity contribution < 1.29 is 97.8 Å². The van der Waals surface area contributed by atoms with E-state index in [1.165, 1.54) is 26.3 Å². The minimum atomic E-state index is -2.71. The third-order valence-corrected chi connectivity index (χ3v) is 8.16. The molecule has 16 nitrogen and oxygen atoms in total. The van der Waals surface area contributed by atoms with Gasteiger partial charge in [0, 0.05) is 25.5 Å². The number of nitrogens with zero attached hydrogens (tertiary/aromatic N) is 1. The highest BCUT2D eigenvalue weighted by molar-refractivity contribution is 5.98. The first kappa shape index (κ1) is 50.9. The molecule has 56 heavy (non-hydrogen) atoms. The molecule has 0 radical (unpaired) electrons. The highest BCUT2D eigenvalue weighted by atomic mass is 35.5. The summed E-state index contributed by atoms with van der Waals surface area (Å²) in [7, 11) is 1.31. The first-order valence-corrected chi connectivity index (χ1v) is 18.2. The molecule has 1 aromatic rings. The fraction of sp³-hybridized carbons (Fsp3) is 0.771. The Morgan fingerprint density at radius 1 is 0.875 bits per heavy atom. The van der Waals surface area contributed by atoms with Crippen LogP contribution in [-0.2, 0) is 47.5 Å². The van der Waals surface area contributed by atoms with E-state index in [-0.39, 0.29) is 50.3 Å². The zero-order valence-electron chi connectivity index (χ0n) is 32.3. The summed E-state index contributed by atoms with van der Waals surface area (Å²) in [6.07, 6.45) is -5.50. The van der Waals surface area contributed by atoms with Gasteiger partial charge in [0.2, 0.25) is 6.04 Å². The number of cyclic esters (lactones) is 2. The topological polar surface area (TPSA) is 207 Å². The van der Waals surface area contributed by atoms with Crippen LogP contribution in [-0.4, -0.2) is 149 Å². The normalized spacial score (nSPS) is 26.1. The van der Waals surface area contributed by atoms with E-state index >= 15 is 0 Å². The number of methoxy groups -OCH3 is 1. The molecule has 0 aliphatic carbocycles. The number of aromatic hydroxyl groups is 1. The van der Waals surface area contributed by atoms with E-state index in [0.29, 0.717) is 13.2 Å². The number of carbonyl (C=O) groups excluding carboxylic acids is 3. The van der Waals surface area contributed by atoms with Gasteiger partial charge in [-0.25, -0.2) is 32.1 Å². The van der Waals surface area contributed by atoms with Crippen molar-refractivity contribution in [3.63, 3.8) is 0 Å². The lowest BCUT2D eigenvalue weighted by molar-refractivity contribution is -0.415. The lowest BCUT2D eigenvalue weighted by atomic mass is 10.1. The minimum Gasteiger partial charge on any atom is -1.00 e. The van der Waals surface area contributed by atoms with E-state index in [9.17, 15) is 37.1 Å². The number of aromatic nitrogens is 1. The fourth-order valence-corrected chi connectivity index (χ4v) is 5.23. The zero-order valence-corrected chi connectivity index (χ0v) is 33.1. The summed E-state index contributed by atoms with van der Waals surface area (Å²) in [4.78, 5) is 40.9. The van der Waals surface area contributed by atoms with Gasteiger partial charge in [-0.2, -0.15) is 0 Å². The van der Waals surface area contributed by atoms with E-state index in [1.54, 1.807) is 6.92 Å². The van der Waals surface area contributed by atoms with E-state index in [1.807, 2.05) is 13.8 Å². The minimum absolute atomic E-state index is 0. The van der Waals surface area contributed by atoms with E-state index in [2.05, 4.69) is 16.0 Å². The van der Waals surface area contributed by atoms with Crippen molar-refractivity contribution in [3.05, 3.63) is 18.0 Å². The van der Waals surface area contributed by atoms with Gasteiger partial charge >= 0.3 is 11.9 Å². The smallest absolute Gasteiger partial charge is 0.367 e. The van der Waals surface area contributed by atoms with Crippen LogP contribution in [0.4, 0.5) is 17.6 Å². The fourth-order valence-electron chi connectivity index (χ4n) is 5.23. The third kappa shape index (κ3) is 17.6. The molecular formula is C35H56ClF4N3O13. The number of carbonyl (C=O) groups is 3. The number of nitrogens with one attached hydrogen (secondary N) is 1. The Labute approximate surface area is 330 Å². The Kier molecular flexibility index (Phi) is 25.0. The maximum Gasteiger partial charge on any atom is 0.367 e. The van der Waals surface area contributed by atoms with Crippen molar-refractivity contribution in [3.8, 4) is 11.5 Å². The number of amides is 1. The number of halogens is 5. The predicted octanol–water partition coefficient (Wildman–Crippen LogP) is -0.910. The summed E-state index contributed by atoms with van der Waals surface area (Å²) in [5.74, 6) is -2.72. The lowest BCUT2D eigenvalue weighted by Crippen LogP contribution is -3.00. The lowest BCUT2D eigenvalue weighted by Gasteiger charge is -2.30. The molecule has 3 rings (SSSR count). The molecule has 0 unspecified atom stereocenters. The number of alkyl halides is 4. The van der Waals surface area contributed by atoms with Crippen LogP contribution in [0.3, 0.4) is 0 Å². The van der Waals surface area contributed by atoms with E-state index in [0.717, 1.165) is 25.7 Å². The molecule has 0 aromatic carbocycles. The van der Waals surface area contributed by atoms with Crippen molar-refractivity contribution in [1.29, 1.82) is 0 Å². The van der Waals surface area contributed by atoms with Crippen LogP contribution in [0.1, 0.15) is 63.9 Å². The first-order chi connectivity index (χ1) is 26.2. The zero-order chi connectivity index (χ0) is 40.9.